The van der Waals surface area contributed by atoms with Crippen LogP contribution < -0.4 is 14.9 Å². The minimum absolute atomic E-state index is 0.0445. The first kappa shape index (κ1) is 23.7. The van der Waals surface area contributed by atoms with Crippen molar-refractivity contribution in [3.63, 3.8) is 0 Å². The van der Waals surface area contributed by atoms with Crippen LogP contribution in [0.4, 0.5) is 5.69 Å². The van der Waals surface area contributed by atoms with E-state index in [0.717, 1.165) is 0 Å². The first-order chi connectivity index (χ1) is 15.7. The molecule has 1 heterocycles. The van der Waals surface area contributed by atoms with Crippen LogP contribution in [0.2, 0.25) is 0 Å². The van der Waals surface area contributed by atoms with Crippen molar-refractivity contribution in [2.45, 2.75) is 13.8 Å². The fourth-order valence-electron chi connectivity index (χ4n) is 2.86. The molecule has 10 nitrogen and oxygen atoms in total. The number of halogens is 1. The van der Waals surface area contributed by atoms with Gasteiger partial charge in [0.2, 0.25) is 5.76 Å². The normalized spacial score (nSPS) is 10.8. The van der Waals surface area contributed by atoms with Gasteiger partial charge in [-0.05, 0) is 55.3 Å². The van der Waals surface area contributed by atoms with Crippen LogP contribution in [0.3, 0.4) is 0 Å². The number of carbonyl (C=O) groups excluding carboxylic acids is 2. The molecule has 0 aliphatic rings. The number of amides is 1. The van der Waals surface area contributed by atoms with Crippen molar-refractivity contribution in [2.75, 3.05) is 6.61 Å². The predicted octanol–water partition coefficient (Wildman–Crippen LogP) is 4.32. The Bertz CT molecular complexity index is 1200. The van der Waals surface area contributed by atoms with Gasteiger partial charge in [0.05, 0.1) is 17.4 Å². The predicted molar refractivity (Wildman–Crippen MR) is 122 cm³/mol. The Morgan fingerprint density at radius 1 is 1.21 bits per heavy atom. The van der Waals surface area contributed by atoms with E-state index in [2.05, 4.69) is 26.5 Å². The van der Waals surface area contributed by atoms with Crippen molar-refractivity contribution in [1.82, 2.24) is 5.43 Å². The van der Waals surface area contributed by atoms with E-state index in [9.17, 15) is 19.7 Å². The molecule has 33 heavy (non-hydrogen) atoms. The summed E-state index contributed by atoms with van der Waals surface area (Å²) in [5.74, 6) is -0.580. The zero-order chi connectivity index (χ0) is 24.0. The van der Waals surface area contributed by atoms with Crippen molar-refractivity contribution in [3.05, 3.63) is 85.8 Å². The van der Waals surface area contributed by atoms with Crippen LogP contribution in [0.5, 0.6) is 11.5 Å². The number of aryl methyl sites for hydroxylation is 2. The highest BCUT2D eigenvalue weighted by atomic mass is 79.9. The van der Waals surface area contributed by atoms with E-state index in [-0.39, 0.29) is 23.8 Å². The van der Waals surface area contributed by atoms with E-state index < -0.39 is 16.8 Å². The summed E-state index contributed by atoms with van der Waals surface area (Å²) < 4.78 is 16.6. The van der Waals surface area contributed by atoms with E-state index in [4.69, 9.17) is 13.9 Å². The number of hydrogen-bond acceptors (Lipinski definition) is 8. The second-order valence-corrected chi connectivity index (χ2v) is 7.71. The van der Waals surface area contributed by atoms with Crippen LogP contribution in [0, 0.1) is 24.0 Å². The van der Waals surface area contributed by atoms with E-state index >= 15 is 0 Å². The number of nitro benzene ring substituents is 1. The number of carbonyl (C=O) groups is 2. The highest BCUT2D eigenvalue weighted by Gasteiger charge is 2.15. The van der Waals surface area contributed by atoms with Gasteiger partial charge in [-0.25, -0.2) is 10.2 Å². The summed E-state index contributed by atoms with van der Waals surface area (Å²) in [5, 5.41) is 14.8. The molecule has 0 radical (unpaired) electrons. The molecule has 1 aromatic heterocycles. The maximum Gasteiger partial charge on any atom is 0.379 e. The maximum atomic E-state index is 12.1. The van der Waals surface area contributed by atoms with Crippen molar-refractivity contribution in [2.24, 2.45) is 5.10 Å². The average Bonchev–Trinajstić information content (AvgIpc) is 3.30. The number of nitrogens with zero attached hydrogens (tertiary/aromatic N) is 2. The minimum atomic E-state index is -0.678. The third-order valence-corrected chi connectivity index (χ3v) is 4.79. The lowest BCUT2D eigenvalue weighted by molar-refractivity contribution is -0.385. The molecule has 3 aromatic rings. The van der Waals surface area contributed by atoms with Gasteiger partial charge in [-0.1, -0.05) is 15.9 Å². The molecule has 170 valence electrons. The number of rotatable bonds is 8. The SMILES string of the molecule is Cc1cc([N+](=O)[O-])cc(C)c1OCC(=O)NN=Cc1cc(Br)ccc1OC(=O)c1ccco1. The van der Waals surface area contributed by atoms with Gasteiger partial charge in [-0.2, -0.15) is 5.10 Å². The molecule has 1 amide bonds. The fraction of sp³-hybridized carbons (Fsp3) is 0.136. The van der Waals surface area contributed by atoms with Crippen molar-refractivity contribution in [1.29, 1.82) is 0 Å². The third-order valence-electron chi connectivity index (χ3n) is 4.29. The first-order valence-corrected chi connectivity index (χ1v) is 10.3. The lowest BCUT2D eigenvalue weighted by Crippen LogP contribution is -2.25. The molecule has 0 saturated carbocycles. The van der Waals surface area contributed by atoms with Crippen LogP contribution in [0.1, 0.15) is 27.2 Å². The van der Waals surface area contributed by atoms with Gasteiger partial charge >= 0.3 is 5.97 Å². The molecule has 1 N–H and O–H groups in total. The van der Waals surface area contributed by atoms with Gasteiger partial charge in [0.25, 0.3) is 11.6 Å². The van der Waals surface area contributed by atoms with Crippen LogP contribution >= 0.6 is 15.9 Å². The zero-order valence-electron chi connectivity index (χ0n) is 17.5. The fourth-order valence-corrected chi connectivity index (χ4v) is 3.24. The molecular weight excluding hydrogens is 498 g/mol. The molecule has 11 heteroatoms. The van der Waals surface area contributed by atoms with E-state index in [0.29, 0.717) is 26.9 Å². The van der Waals surface area contributed by atoms with Gasteiger partial charge in [-0.15, -0.1) is 0 Å². The van der Waals surface area contributed by atoms with Crippen molar-refractivity contribution < 1.29 is 28.4 Å². The number of furan rings is 1. The molecule has 0 fully saturated rings. The number of hydrogen-bond donors (Lipinski definition) is 1. The van der Waals surface area contributed by atoms with Gasteiger partial charge in [-0.3, -0.25) is 14.9 Å². The topological polar surface area (TPSA) is 133 Å². The largest absolute Gasteiger partial charge is 0.483 e. The standard InChI is InChI=1S/C22H18BrN3O7/c1-13-8-17(26(29)30)9-14(2)21(13)32-12-20(27)25-24-11-15-10-16(23)5-6-18(15)33-22(28)19-4-3-7-31-19/h3-11H,12H2,1-2H3,(H,25,27). The molecule has 0 bridgehead atoms. The average molecular weight is 516 g/mol. The molecule has 0 aliphatic heterocycles. The third kappa shape index (κ3) is 6.26. The highest BCUT2D eigenvalue weighted by Crippen LogP contribution is 2.28. The van der Waals surface area contributed by atoms with Gasteiger partial charge in [0.15, 0.2) is 6.61 Å². The number of benzene rings is 2. The van der Waals surface area contributed by atoms with E-state index in [1.807, 2.05) is 0 Å². The maximum absolute atomic E-state index is 12.1. The second-order valence-electron chi connectivity index (χ2n) is 6.80. The molecule has 2 aromatic carbocycles. The Morgan fingerprint density at radius 2 is 1.94 bits per heavy atom. The molecular formula is C22H18BrN3O7. The Morgan fingerprint density at radius 3 is 2.58 bits per heavy atom. The molecule has 0 aliphatic carbocycles. The lowest BCUT2D eigenvalue weighted by atomic mass is 10.1. The van der Waals surface area contributed by atoms with Crippen LogP contribution in [-0.4, -0.2) is 29.6 Å². The number of hydrazone groups is 1. The Kier molecular flexibility index (Phi) is 7.57. The molecule has 0 atom stereocenters. The Balaban J connectivity index is 1.62. The zero-order valence-corrected chi connectivity index (χ0v) is 19.1. The summed E-state index contributed by atoms with van der Waals surface area (Å²) >= 11 is 3.33. The number of ether oxygens (including phenoxy) is 2. The summed E-state index contributed by atoms with van der Waals surface area (Å²) in [6.07, 6.45) is 2.67. The Hall–Kier alpha value is -3.99. The van der Waals surface area contributed by atoms with Crippen molar-refractivity contribution in [3.8, 4) is 11.5 Å². The second kappa shape index (κ2) is 10.6. The number of nitro groups is 1. The van der Waals surface area contributed by atoms with Crippen LogP contribution in [-0.2, 0) is 4.79 Å². The van der Waals surface area contributed by atoms with E-state index in [1.165, 1.54) is 30.7 Å². The highest BCUT2D eigenvalue weighted by molar-refractivity contribution is 9.10. The number of nitrogens with one attached hydrogen (secondary N) is 1. The quantitative estimate of drug-likeness (QED) is 0.155. The summed E-state index contributed by atoms with van der Waals surface area (Å²) in [7, 11) is 0. The molecule has 0 saturated heterocycles. The molecule has 3 rings (SSSR count). The van der Waals surface area contributed by atoms with Gasteiger partial charge in [0.1, 0.15) is 11.5 Å². The first-order valence-electron chi connectivity index (χ1n) is 9.50. The smallest absolute Gasteiger partial charge is 0.379 e. The van der Waals surface area contributed by atoms with Crippen molar-refractivity contribution >= 4 is 39.7 Å². The number of non-ortho nitro benzene ring substituents is 1. The minimum Gasteiger partial charge on any atom is -0.483 e. The van der Waals surface area contributed by atoms with Gasteiger partial charge in [0, 0.05) is 22.2 Å². The molecule has 0 spiro atoms. The Labute approximate surface area is 196 Å². The summed E-state index contributed by atoms with van der Waals surface area (Å²) in [6.45, 7) is 2.96. The molecule has 0 unspecified atom stereocenters. The van der Waals surface area contributed by atoms with Gasteiger partial charge < -0.3 is 13.9 Å². The lowest BCUT2D eigenvalue weighted by Gasteiger charge is -2.11. The summed E-state index contributed by atoms with van der Waals surface area (Å²) in [5.41, 5.74) is 3.77. The monoisotopic (exact) mass is 515 g/mol. The number of esters is 1. The summed E-state index contributed by atoms with van der Waals surface area (Å²) in [4.78, 5) is 34.7. The van der Waals surface area contributed by atoms with Crippen LogP contribution in [0.25, 0.3) is 0 Å². The summed E-state index contributed by atoms with van der Waals surface area (Å²) in [6, 6.07) is 10.7. The van der Waals surface area contributed by atoms with Crippen LogP contribution in [0.15, 0.2) is 62.7 Å². The van der Waals surface area contributed by atoms with E-state index in [1.54, 1.807) is 38.1 Å².